The highest BCUT2D eigenvalue weighted by Crippen LogP contribution is 2.42. The van der Waals surface area contributed by atoms with Crippen molar-refractivity contribution in [3.8, 4) is 11.8 Å². The highest BCUT2D eigenvalue weighted by atomic mass is 79.9. The summed E-state index contributed by atoms with van der Waals surface area (Å²) in [6, 6.07) is 1.98. The van der Waals surface area contributed by atoms with Crippen molar-refractivity contribution in [1.29, 1.82) is 5.26 Å². The van der Waals surface area contributed by atoms with Crippen LogP contribution in [-0.2, 0) is 4.79 Å². The summed E-state index contributed by atoms with van der Waals surface area (Å²) in [4.78, 5) is 10.5. The summed E-state index contributed by atoms with van der Waals surface area (Å²) < 4.78 is 6.53. The van der Waals surface area contributed by atoms with Gasteiger partial charge in [0.25, 0.3) is 0 Å². The van der Waals surface area contributed by atoms with Crippen molar-refractivity contribution in [1.82, 2.24) is 0 Å². The summed E-state index contributed by atoms with van der Waals surface area (Å²) in [7, 11) is 0. The van der Waals surface area contributed by atoms with E-state index >= 15 is 0 Å². The molecule has 3 nitrogen and oxygen atoms in total. The fourth-order valence-electron chi connectivity index (χ4n) is 0.690. The Balaban J connectivity index is 3.03. The number of hydrogen-bond acceptors (Lipinski definition) is 4. The Morgan fingerprint density at radius 2 is 2.31 bits per heavy atom. The topological polar surface area (TPSA) is 50.1 Å². The highest BCUT2D eigenvalue weighted by Gasteiger charge is 2.15. The molecule has 0 radical (unpaired) electrons. The van der Waals surface area contributed by atoms with Crippen molar-refractivity contribution in [3.63, 3.8) is 0 Å². The van der Waals surface area contributed by atoms with E-state index in [4.69, 9.17) is 10.00 Å². The molecular weight excluding hydrogens is 322 g/mol. The number of ether oxygens (including phenoxy) is 1. The molecule has 0 aliphatic carbocycles. The number of hydrogen-bond donors (Lipinski definition) is 0. The Bertz CT molecular complexity index is 369. The minimum atomic E-state index is -0.0452. The number of nitriles is 1. The van der Waals surface area contributed by atoms with Crippen molar-refractivity contribution in [2.45, 2.75) is 0 Å². The number of carbonyl (C=O) groups excluding carboxylic acids is 1. The van der Waals surface area contributed by atoms with Crippen LogP contribution in [0.15, 0.2) is 8.26 Å². The molecule has 1 heterocycles. The predicted octanol–water partition coefficient (Wildman–Crippen LogP) is 2.72. The Kier molecular flexibility index (Phi) is 3.90. The van der Waals surface area contributed by atoms with Gasteiger partial charge in [0.2, 0.25) is 0 Å². The van der Waals surface area contributed by atoms with Gasteiger partial charge >= 0.3 is 0 Å². The normalized spacial score (nSPS) is 9.31. The number of halogens is 2. The number of aldehydes is 1. The van der Waals surface area contributed by atoms with Crippen molar-refractivity contribution < 1.29 is 9.53 Å². The van der Waals surface area contributed by atoms with Gasteiger partial charge in [-0.15, -0.1) is 11.3 Å². The van der Waals surface area contributed by atoms with Crippen LogP contribution in [0.3, 0.4) is 0 Å². The maximum atomic E-state index is 10.1. The predicted molar refractivity (Wildman–Crippen MR) is 56.0 cm³/mol. The zero-order valence-electron chi connectivity index (χ0n) is 6.21. The number of thiophene rings is 1. The molecule has 0 aliphatic rings. The Morgan fingerprint density at radius 1 is 1.62 bits per heavy atom. The molecule has 0 saturated carbocycles. The van der Waals surface area contributed by atoms with Crippen LogP contribution in [0.2, 0.25) is 0 Å². The molecule has 0 aliphatic heterocycles. The Labute approximate surface area is 95.6 Å². The third-order valence-corrected chi connectivity index (χ3v) is 4.46. The smallest absolute Gasteiger partial charge is 0.164 e. The summed E-state index contributed by atoms with van der Waals surface area (Å²) in [5.41, 5.74) is 0. The van der Waals surface area contributed by atoms with E-state index in [0.717, 1.165) is 3.79 Å². The SMILES string of the molecule is N#Cc1sc(Br)c(Br)c1OCC=O. The first-order valence-electron chi connectivity index (χ1n) is 3.15. The molecule has 1 rings (SSSR count). The van der Waals surface area contributed by atoms with E-state index in [2.05, 4.69) is 31.9 Å². The van der Waals surface area contributed by atoms with E-state index in [-0.39, 0.29) is 6.61 Å². The zero-order valence-corrected chi connectivity index (χ0v) is 10.2. The van der Waals surface area contributed by atoms with Crippen LogP contribution in [0.4, 0.5) is 0 Å². The van der Waals surface area contributed by atoms with Gasteiger partial charge in [-0.05, 0) is 31.9 Å². The molecule has 0 aromatic carbocycles. The van der Waals surface area contributed by atoms with Crippen LogP contribution in [-0.4, -0.2) is 12.9 Å². The molecule has 1 aromatic rings. The van der Waals surface area contributed by atoms with Crippen molar-refractivity contribution in [2.75, 3.05) is 6.61 Å². The zero-order chi connectivity index (χ0) is 9.84. The molecule has 0 fully saturated rings. The van der Waals surface area contributed by atoms with Gasteiger partial charge in [-0.2, -0.15) is 5.26 Å². The van der Waals surface area contributed by atoms with Gasteiger partial charge in [0.1, 0.15) is 17.6 Å². The van der Waals surface area contributed by atoms with Gasteiger partial charge in [0.05, 0.1) is 8.26 Å². The number of nitrogens with zero attached hydrogens (tertiary/aromatic N) is 1. The maximum absolute atomic E-state index is 10.1. The van der Waals surface area contributed by atoms with E-state index in [9.17, 15) is 4.79 Å². The third kappa shape index (κ3) is 2.30. The standard InChI is InChI=1S/C7H3Br2NO2S/c8-5-6(12-2-1-11)4(3-10)13-7(5)9/h1H,2H2. The van der Waals surface area contributed by atoms with Gasteiger partial charge in [0.15, 0.2) is 12.0 Å². The molecule has 0 atom stereocenters. The number of carbonyl (C=O) groups is 1. The number of rotatable bonds is 3. The largest absolute Gasteiger partial charge is 0.483 e. The Morgan fingerprint density at radius 3 is 2.85 bits per heavy atom. The second kappa shape index (κ2) is 4.74. The molecule has 0 unspecified atom stereocenters. The monoisotopic (exact) mass is 323 g/mol. The average molecular weight is 325 g/mol. The quantitative estimate of drug-likeness (QED) is 0.803. The van der Waals surface area contributed by atoms with Crippen molar-refractivity contribution in [2.24, 2.45) is 0 Å². The van der Waals surface area contributed by atoms with Crippen molar-refractivity contribution in [3.05, 3.63) is 13.1 Å². The third-order valence-electron chi connectivity index (χ3n) is 1.17. The molecule has 0 spiro atoms. The summed E-state index contributed by atoms with van der Waals surface area (Å²) in [6.07, 6.45) is 0.638. The lowest BCUT2D eigenvalue weighted by Crippen LogP contribution is -1.98. The minimum Gasteiger partial charge on any atom is -0.483 e. The fourth-order valence-corrected chi connectivity index (χ4v) is 2.70. The first kappa shape index (κ1) is 10.7. The van der Waals surface area contributed by atoms with Gasteiger partial charge in [-0.25, -0.2) is 0 Å². The molecule has 0 N–H and O–H groups in total. The molecular formula is C7H3Br2NO2S. The van der Waals surface area contributed by atoms with E-state index in [0.29, 0.717) is 21.4 Å². The second-order valence-corrected chi connectivity index (χ2v) is 5.07. The van der Waals surface area contributed by atoms with Gasteiger partial charge in [-0.3, -0.25) is 4.79 Å². The molecule has 0 bridgehead atoms. The summed E-state index contributed by atoms with van der Waals surface area (Å²) in [5.74, 6) is 0.423. The first-order chi connectivity index (χ1) is 6.20. The lowest BCUT2D eigenvalue weighted by Gasteiger charge is -1.99. The molecule has 1 aromatic heterocycles. The van der Waals surface area contributed by atoms with Crippen LogP contribution in [0.25, 0.3) is 0 Å². The van der Waals surface area contributed by atoms with Crippen LogP contribution >= 0.6 is 43.2 Å². The summed E-state index contributed by atoms with van der Waals surface area (Å²) >= 11 is 7.75. The van der Waals surface area contributed by atoms with E-state index in [1.54, 1.807) is 0 Å². The second-order valence-electron chi connectivity index (χ2n) is 1.94. The van der Waals surface area contributed by atoms with Crippen LogP contribution < -0.4 is 4.74 Å². The van der Waals surface area contributed by atoms with Gasteiger partial charge < -0.3 is 4.74 Å². The molecule has 0 saturated heterocycles. The minimum absolute atomic E-state index is 0.0452. The summed E-state index contributed by atoms with van der Waals surface area (Å²) in [6.45, 7) is -0.0452. The average Bonchev–Trinajstić information content (AvgIpc) is 2.40. The van der Waals surface area contributed by atoms with E-state index in [1.165, 1.54) is 11.3 Å². The van der Waals surface area contributed by atoms with Crippen LogP contribution in [0.1, 0.15) is 4.88 Å². The first-order valence-corrected chi connectivity index (χ1v) is 5.55. The maximum Gasteiger partial charge on any atom is 0.164 e. The lowest BCUT2D eigenvalue weighted by molar-refractivity contribution is -0.109. The highest BCUT2D eigenvalue weighted by molar-refractivity contribution is 9.13. The van der Waals surface area contributed by atoms with Gasteiger partial charge in [-0.1, -0.05) is 0 Å². The molecule has 0 amide bonds. The fraction of sp³-hybridized carbons (Fsp3) is 0.143. The van der Waals surface area contributed by atoms with Crippen molar-refractivity contribution >= 4 is 49.5 Å². The molecule has 68 valence electrons. The Hall–Kier alpha value is -0.380. The summed E-state index contributed by atoms with van der Waals surface area (Å²) in [5, 5.41) is 8.71. The molecule has 6 heteroatoms. The van der Waals surface area contributed by atoms with E-state index in [1.807, 2.05) is 6.07 Å². The molecule has 13 heavy (non-hydrogen) atoms. The van der Waals surface area contributed by atoms with Crippen LogP contribution in [0, 0.1) is 11.3 Å². The lowest BCUT2D eigenvalue weighted by atomic mass is 10.4. The van der Waals surface area contributed by atoms with E-state index < -0.39 is 0 Å². The van der Waals surface area contributed by atoms with Gasteiger partial charge in [0, 0.05) is 0 Å². The van der Waals surface area contributed by atoms with Crippen LogP contribution in [0.5, 0.6) is 5.75 Å².